The summed E-state index contributed by atoms with van der Waals surface area (Å²) in [5.41, 5.74) is 1.16. The molecule has 25 heavy (non-hydrogen) atoms. The van der Waals surface area contributed by atoms with Crippen LogP contribution in [0.2, 0.25) is 0 Å². The Balaban J connectivity index is 1.35. The first-order chi connectivity index (χ1) is 12.2. The van der Waals surface area contributed by atoms with Gasteiger partial charge in [-0.1, -0.05) is 42.5 Å². The number of amides is 1. The molecular weight excluding hydrogens is 312 g/mol. The number of benzene rings is 2. The number of aromatic nitrogens is 2. The lowest BCUT2D eigenvalue weighted by Crippen LogP contribution is -2.51. The van der Waals surface area contributed by atoms with Gasteiger partial charge in [0.2, 0.25) is 5.91 Å². The van der Waals surface area contributed by atoms with Gasteiger partial charge in [0.15, 0.2) is 0 Å². The van der Waals surface area contributed by atoms with Crippen molar-refractivity contribution in [2.45, 2.75) is 19.0 Å². The van der Waals surface area contributed by atoms with E-state index in [2.05, 4.69) is 39.6 Å². The van der Waals surface area contributed by atoms with E-state index in [0.717, 1.165) is 18.7 Å². The largest absolute Gasteiger partial charge is 0.348 e. The average molecular weight is 334 g/mol. The first-order valence-electron chi connectivity index (χ1n) is 8.69. The first kappa shape index (κ1) is 15.8. The summed E-state index contributed by atoms with van der Waals surface area (Å²) < 4.78 is 1.97. The van der Waals surface area contributed by atoms with Crippen LogP contribution in [0.5, 0.6) is 0 Å². The number of nitrogens with zero attached hydrogens (tertiary/aromatic N) is 3. The van der Waals surface area contributed by atoms with Crippen LogP contribution in [0.15, 0.2) is 60.9 Å². The van der Waals surface area contributed by atoms with Crippen molar-refractivity contribution < 1.29 is 4.79 Å². The Kier molecular flexibility index (Phi) is 4.24. The topological polar surface area (TPSA) is 50.2 Å². The van der Waals surface area contributed by atoms with E-state index in [1.807, 2.05) is 42.1 Å². The zero-order chi connectivity index (χ0) is 17.2. The third kappa shape index (κ3) is 3.28. The number of rotatable bonds is 5. The summed E-state index contributed by atoms with van der Waals surface area (Å²) in [5.74, 6) is 0.0688. The molecule has 1 aliphatic rings. The standard InChI is InChI=1S/C20H22N4O/c1-15(18-9-4-7-16-6-2-3-8-19(16)18)22-20(25)14-23-12-17(13-23)24-11-5-10-21-24/h2-11,15,17H,12-14H2,1H3,(H,22,25). The Morgan fingerprint density at radius 2 is 2.00 bits per heavy atom. The molecule has 2 heterocycles. The van der Waals surface area contributed by atoms with Crippen molar-refractivity contribution in [1.29, 1.82) is 0 Å². The van der Waals surface area contributed by atoms with E-state index >= 15 is 0 Å². The molecule has 1 amide bonds. The molecule has 0 radical (unpaired) electrons. The van der Waals surface area contributed by atoms with Crippen LogP contribution in [0.3, 0.4) is 0 Å². The van der Waals surface area contributed by atoms with Crippen LogP contribution in [0.25, 0.3) is 10.8 Å². The SMILES string of the molecule is CC(NC(=O)CN1CC(n2cccn2)C1)c1cccc2ccccc12. The maximum Gasteiger partial charge on any atom is 0.234 e. The Hall–Kier alpha value is -2.66. The van der Waals surface area contributed by atoms with Crippen LogP contribution >= 0.6 is 0 Å². The van der Waals surface area contributed by atoms with Crippen LogP contribution in [-0.4, -0.2) is 40.2 Å². The summed E-state index contributed by atoms with van der Waals surface area (Å²) in [7, 11) is 0. The molecule has 5 nitrogen and oxygen atoms in total. The van der Waals surface area contributed by atoms with Crippen molar-refractivity contribution in [3.8, 4) is 0 Å². The molecule has 0 spiro atoms. The minimum absolute atomic E-state index is 0.0122. The van der Waals surface area contributed by atoms with E-state index in [1.165, 1.54) is 10.8 Å². The molecule has 1 fully saturated rings. The van der Waals surface area contributed by atoms with Crippen molar-refractivity contribution >= 4 is 16.7 Å². The van der Waals surface area contributed by atoms with Crippen molar-refractivity contribution in [2.24, 2.45) is 0 Å². The number of hydrogen-bond donors (Lipinski definition) is 1. The summed E-state index contributed by atoms with van der Waals surface area (Å²) in [6.45, 7) is 4.23. The molecule has 1 aromatic heterocycles. The fraction of sp³-hybridized carbons (Fsp3) is 0.300. The lowest BCUT2D eigenvalue weighted by molar-refractivity contribution is -0.124. The highest BCUT2D eigenvalue weighted by Crippen LogP contribution is 2.24. The van der Waals surface area contributed by atoms with Gasteiger partial charge < -0.3 is 5.32 Å². The van der Waals surface area contributed by atoms with E-state index in [-0.39, 0.29) is 11.9 Å². The molecule has 0 aliphatic carbocycles. The highest BCUT2D eigenvalue weighted by Gasteiger charge is 2.29. The molecule has 1 aliphatic heterocycles. The molecule has 1 atom stereocenters. The molecule has 3 aromatic rings. The number of likely N-dealkylation sites (tertiary alicyclic amines) is 1. The minimum Gasteiger partial charge on any atom is -0.348 e. The Morgan fingerprint density at radius 3 is 2.80 bits per heavy atom. The number of carbonyl (C=O) groups is 1. The molecule has 1 unspecified atom stereocenters. The lowest BCUT2D eigenvalue weighted by Gasteiger charge is -2.38. The van der Waals surface area contributed by atoms with Gasteiger partial charge in [-0.2, -0.15) is 5.10 Å². The number of nitrogens with one attached hydrogen (secondary N) is 1. The lowest BCUT2D eigenvalue weighted by atomic mass is 9.99. The smallest absolute Gasteiger partial charge is 0.234 e. The normalized spacial score (nSPS) is 16.5. The Labute approximate surface area is 147 Å². The van der Waals surface area contributed by atoms with Crippen LogP contribution in [0.4, 0.5) is 0 Å². The second-order valence-electron chi connectivity index (χ2n) is 6.69. The van der Waals surface area contributed by atoms with E-state index in [4.69, 9.17) is 0 Å². The maximum atomic E-state index is 12.4. The molecule has 0 saturated carbocycles. The second kappa shape index (κ2) is 6.69. The van der Waals surface area contributed by atoms with Gasteiger partial charge in [-0.3, -0.25) is 14.4 Å². The van der Waals surface area contributed by atoms with Crippen LogP contribution in [0, 0.1) is 0 Å². The highest BCUT2D eigenvalue weighted by molar-refractivity contribution is 5.87. The van der Waals surface area contributed by atoms with Crippen molar-refractivity contribution in [2.75, 3.05) is 19.6 Å². The zero-order valence-electron chi connectivity index (χ0n) is 14.3. The van der Waals surface area contributed by atoms with Gasteiger partial charge >= 0.3 is 0 Å². The third-order valence-corrected chi connectivity index (χ3v) is 4.87. The molecule has 0 bridgehead atoms. The highest BCUT2D eigenvalue weighted by atomic mass is 16.2. The minimum atomic E-state index is -0.0122. The van der Waals surface area contributed by atoms with Crippen LogP contribution in [-0.2, 0) is 4.79 Å². The molecular formula is C20H22N4O. The fourth-order valence-electron chi connectivity index (χ4n) is 3.53. The third-order valence-electron chi connectivity index (χ3n) is 4.87. The van der Waals surface area contributed by atoms with Gasteiger partial charge in [-0.15, -0.1) is 0 Å². The molecule has 128 valence electrons. The first-order valence-corrected chi connectivity index (χ1v) is 8.69. The van der Waals surface area contributed by atoms with E-state index in [1.54, 1.807) is 6.20 Å². The van der Waals surface area contributed by atoms with Crippen LogP contribution < -0.4 is 5.32 Å². The molecule has 1 saturated heterocycles. The fourth-order valence-corrected chi connectivity index (χ4v) is 3.53. The molecule has 5 heteroatoms. The van der Waals surface area contributed by atoms with Gasteiger partial charge in [0.25, 0.3) is 0 Å². The molecule has 4 rings (SSSR count). The Morgan fingerprint density at radius 1 is 1.20 bits per heavy atom. The molecule has 1 N–H and O–H groups in total. The number of carbonyl (C=O) groups excluding carboxylic acids is 1. The quantitative estimate of drug-likeness (QED) is 0.780. The number of hydrogen-bond acceptors (Lipinski definition) is 3. The predicted molar refractivity (Wildman–Crippen MR) is 98.2 cm³/mol. The van der Waals surface area contributed by atoms with Crippen molar-refractivity contribution in [1.82, 2.24) is 20.0 Å². The zero-order valence-corrected chi connectivity index (χ0v) is 14.3. The van der Waals surface area contributed by atoms with E-state index in [9.17, 15) is 4.79 Å². The average Bonchev–Trinajstić information content (AvgIpc) is 3.11. The van der Waals surface area contributed by atoms with Crippen molar-refractivity contribution in [3.63, 3.8) is 0 Å². The van der Waals surface area contributed by atoms with Gasteiger partial charge in [0.1, 0.15) is 0 Å². The van der Waals surface area contributed by atoms with Gasteiger partial charge in [-0.05, 0) is 29.3 Å². The van der Waals surface area contributed by atoms with Gasteiger partial charge in [-0.25, -0.2) is 0 Å². The van der Waals surface area contributed by atoms with Gasteiger partial charge in [0, 0.05) is 25.5 Å². The van der Waals surface area contributed by atoms with E-state index in [0.29, 0.717) is 12.6 Å². The van der Waals surface area contributed by atoms with Crippen molar-refractivity contribution in [3.05, 3.63) is 66.5 Å². The summed E-state index contributed by atoms with van der Waals surface area (Å²) in [6, 6.07) is 16.8. The van der Waals surface area contributed by atoms with Crippen LogP contribution in [0.1, 0.15) is 24.6 Å². The predicted octanol–water partition coefficient (Wildman–Crippen LogP) is 2.77. The van der Waals surface area contributed by atoms with E-state index < -0.39 is 0 Å². The Bertz CT molecular complexity index is 863. The second-order valence-corrected chi connectivity index (χ2v) is 6.69. The summed E-state index contributed by atoms with van der Waals surface area (Å²) >= 11 is 0. The van der Waals surface area contributed by atoms with Gasteiger partial charge in [0.05, 0.1) is 18.6 Å². The maximum absolute atomic E-state index is 12.4. The summed E-state index contributed by atoms with van der Waals surface area (Å²) in [5, 5.41) is 9.79. The summed E-state index contributed by atoms with van der Waals surface area (Å²) in [6.07, 6.45) is 3.77. The number of fused-ring (bicyclic) bond motifs is 1. The monoisotopic (exact) mass is 334 g/mol. The summed E-state index contributed by atoms with van der Waals surface area (Å²) in [4.78, 5) is 14.5. The molecule has 2 aromatic carbocycles.